The van der Waals surface area contributed by atoms with E-state index in [2.05, 4.69) is 0 Å². The van der Waals surface area contributed by atoms with Crippen molar-refractivity contribution in [2.24, 2.45) is 5.73 Å². The van der Waals surface area contributed by atoms with Gasteiger partial charge in [0.05, 0.1) is 0 Å². The van der Waals surface area contributed by atoms with Crippen LogP contribution in [0.15, 0.2) is 29.7 Å². The van der Waals surface area contributed by atoms with Gasteiger partial charge in [-0.3, -0.25) is 4.79 Å². The Morgan fingerprint density at radius 3 is 2.52 bits per heavy atom. The number of rotatable bonds is 4. The molecule has 1 atom stereocenters. The summed E-state index contributed by atoms with van der Waals surface area (Å²) in [4.78, 5) is 11.0. The minimum atomic E-state index is -3.70. The van der Waals surface area contributed by atoms with Crippen LogP contribution < -0.4 is 5.73 Å². The lowest BCUT2D eigenvalue weighted by Gasteiger charge is -2.18. The van der Waals surface area contributed by atoms with Crippen molar-refractivity contribution in [2.45, 2.75) is 12.0 Å². The zero-order chi connectivity index (χ0) is 15.7. The van der Waals surface area contributed by atoms with Gasteiger partial charge in [0.1, 0.15) is 5.54 Å². The highest BCUT2D eigenvalue weighted by molar-refractivity contribution is 7.92. The van der Waals surface area contributed by atoms with Crippen molar-refractivity contribution < 1.29 is 18.3 Å². The fraction of sp³-hybridized carbons (Fsp3) is 0.308. The van der Waals surface area contributed by atoms with Crippen molar-refractivity contribution in [2.75, 3.05) is 13.1 Å². The predicted octanol–water partition coefficient (Wildman–Crippen LogP) is 1.13. The van der Waals surface area contributed by atoms with Crippen LogP contribution in [0, 0.1) is 0 Å². The summed E-state index contributed by atoms with van der Waals surface area (Å²) in [5.74, 6) is -1.19. The molecule has 0 saturated carbocycles. The van der Waals surface area contributed by atoms with Gasteiger partial charge in [-0.25, -0.2) is 8.42 Å². The molecule has 0 aromatic heterocycles. The summed E-state index contributed by atoms with van der Waals surface area (Å²) in [6, 6.07) is 6.67. The van der Waals surface area contributed by atoms with Gasteiger partial charge in [-0.1, -0.05) is 23.7 Å². The highest BCUT2D eigenvalue weighted by atomic mass is 35.5. The molecule has 1 heterocycles. The Labute approximate surface area is 127 Å². The zero-order valence-corrected chi connectivity index (χ0v) is 12.6. The van der Waals surface area contributed by atoms with Crippen LogP contribution in [0.5, 0.6) is 0 Å². The fourth-order valence-corrected chi connectivity index (χ4v) is 3.40. The fourth-order valence-electron chi connectivity index (χ4n) is 2.01. The van der Waals surface area contributed by atoms with E-state index >= 15 is 0 Å². The van der Waals surface area contributed by atoms with Crippen molar-refractivity contribution in [1.29, 1.82) is 0 Å². The smallest absolute Gasteiger partial charge is 0.325 e. The number of halogens is 1. The minimum Gasteiger partial charge on any atom is -0.480 e. The molecule has 1 aromatic rings. The molecule has 1 aliphatic rings. The summed E-state index contributed by atoms with van der Waals surface area (Å²) in [7, 11) is -3.70. The van der Waals surface area contributed by atoms with E-state index in [-0.39, 0.29) is 19.5 Å². The summed E-state index contributed by atoms with van der Waals surface area (Å²) in [5, 5.41) is 10.6. The van der Waals surface area contributed by atoms with Gasteiger partial charge in [-0.2, -0.15) is 4.31 Å². The first kappa shape index (κ1) is 16.0. The third-order valence-electron chi connectivity index (χ3n) is 3.35. The van der Waals surface area contributed by atoms with Gasteiger partial charge in [0.2, 0.25) is 10.0 Å². The summed E-state index contributed by atoms with van der Waals surface area (Å²) < 4.78 is 25.4. The number of hydrogen-bond donors (Lipinski definition) is 2. The number of nitrogens with two attached hydrogens (primary N) is 1. The van der Waals surface area contributed by atoms with Crippen LogP contribution in [0.3, 0.4) is 0 Å². The van der Waals surface area contributed by atoms with E-state index in [1.807, 2.05) is 0 Å². The van der Waals surface area contributed by atoms with E-state index in [0.717, 1.165) is 9.71 Å². The third-order valence-corrected chi connectivity index (χ3v) is 5.12. The number of benzene rings is 1. The second-order valence-electron chi connectivity index (χ2n) is 4.94. The van der Waals surface area contributed by atoms with Crippen molar-refractivity contribution in [3.8, 4) is 0 Å². The van der Waals surface area contributed by atoms with Crippen molar-refractivity contribution >= 4 is 33.7 Å². The van der Waals surface area contributed by atoms with Crippen molar-refractivity contribution in [1.82, 2.24) is 4.31 Å². The highest BCUT2D eigenvalue weighted by Gasteiger charge is 2.44. The van der Waals surface area contributed by atoms with Gasteiger partial charge in [-0.05, 0) is 30.2 Å². The van der Waals surface area contributed by atoms with Crippen LogP contribution in [0.25, 0.3) is 6.08 Å². The maximum absolute atomic E-state index is 12.1. The van der Waals surface area contributed by atoms with Crippen molar-refractivity contribution in [3.63, 3.8) is 0 Å². The lowest BCUT2D eigenvalue weighted by Crippen LogP contribution is -2.50. The van der Waals surface area contributed by atoms with Gasteiger partial charge in [-0.15, -0.1) is 0 Å². The van der Waals surface area contributed by atoms with Crippen LogP contribution in [-0.2, 0) is 14.8 Å². The molecule has 114 valence electrons. The minimum absolute atomic E-state index is 0.0933. The number of carboxylic acid groups (broad SMARTS) is 1. The lowest BCUT2D eigenvalue weighted by molar-refractivity contribution is -0.142. The molecule has 1 saturated heterocycles. The summed E-state index contributed by atoms with van der Waals surface area (Å²) in [6.45, 7) is -0.133. The SMILES string of the molecule is NC1(C(=O)O)CCN(S(=O)(=O)/C=C/c2ccc(Cl)cc2)C1. The van der Waals surface area contributed by atoms with Crippen LogP contribution in [0.4, 0.5) is 0 Å². The van der Waals surface area contributed by atoms with Gasteiger partial charge < -0.3 is 10.8 Å². The molecule has 0 bridgehead atoms. The number of aliphatic carboxylic acids is 1. The second-order valence-corrected chi connectivity index (χ2v) is 7.20. The molecule has 0 radical (unpaired) electrons. The first-order chi connectivity index (χ1) is 9.73. The maximum Gasteiger partial charge on any atom is 0.325 e. The van der Waals surface area contributed by atoms with Gasteiger partial charge >= 0.3 is 5.97 Å². The molecule has 0 amide bonds. The number of carbonyl (C=O) groups is 1. The van der Waals surface area contributed by atoms with Gasteiger partial charge in [0, 0.05) is 23.5 Å². The molecule has 3 N–H and O–H groups in total. The topological polar surface area (TPSA) is 101 Å². The first-order valence-electron chi connectivity index (χ1n) is 6.19. The summed E-state index contributed by atoms with van der Waals surface area (Å²) in [6.07, 6.45) is 1.53. The molecule has 0 spiro atoms. The molecule has 0 aliphatic carbocycles. The average molecular weight is 331 g/mol. The summed E-state index contributed by atoms with van der Waals surface area (Å²) in [5.41, 5.74) is 4.84. The van der Waals surface area contributed by atoms with E-state index < -0.39 is 21.5 Å². The molecule has 1 aromatic carbocycles. The number of hydrogen-bond acceptors (Lipinski definition) is 4. The Kier molecular flexibility index (Phi) is 4.38. The van der Waals surface area contributed by atoms with Gasteiger partial charge in [0.25, 0.3) is 0 Å². The zero-order valence-electron chi connectivity index (χ0n) is 11.1. The molecule has 8 heteroatoms. The first-order valence-corrected chi connectivity index (χ1v) is 8.07. The van der Waals surface area contributed by atoms with Crippen LogP contribution >= 0.6 is 11.6 Å². The Morgan fingerprint density at radius 1 is 1.38 bits per heavy atom. The molecule has 1 fully saturated rings. The maximum atomic E-state index is 12.1. The number of carboxylic acids is 1. The van der Waals surface area contributed by atoms with Crippen LogP contribution in [-0.4, -0.2) is 42.4 Å². The molecular weight excluding hydrogens is 316 g/mol. The molecule has 1 unspecified atom stereocenters. The Hall–Kier alpha value is -1.41. The Bertz CT molecular complexity index is 672. The highest BCUT2D eigenvalue weighted by Crippen LogP contribution is 2.23. The summed E-state index contributed by atoms with van der Waals surface area (Å²) >= 11 is 5.75. The van der Waals surface area contributed by atoms with E-state index in [1.165, 1.54) is 6.08 Å². The molecule has 1 aliphatic heterocycles. The Balaban J connectivity index is 2.13. The second kappa shape index (κ2) is 5.76. The molecule has 2 rings (SSSR count). The van der Waals surface area contributed by atoms with E-state index in [9.17, 15) is 13.2 Å². The van der Waals surface area contributed by atoms with E-state index in [1.54, 1.807) is 24.3 Å². The molecule has 6 nitrogen and oxygen atoms in total. The van der Waals surface area contributed by atoms with E-state index in [0.29, 0.717) is 10.6 Å². The number of sulfonamides is 1. The van der Waals surface area contributed by atoms with Crippen LogP contribution in [0.2, 0.25) is 5.02 Å². The van der Waals surface area contributed by atoms with E-state index in [4.69, 9.17) is 22.4 Å². The van der Waals surface area contributed by atoms with Crippen LogP contribution in [0.1, 0.15) is 12.0 Å². The largest absolute Gasteiger partial charge is 0.480 e. The normalized spacial score (nSPS) is 23.7. The lowest BCUT2D eigenvalue weighted by atomic mass is 10.0. The quantitative estimate of drug-likeness (QED) is 0.861. The van der Waals surface area contributed by atoms with Gasteiger partial charge in [0.15, 0.2) is 0 Å². The van der Waals surface area contributed by atoms with Crippen molar-refractivity contribution in [3.05, 3.63) is 40.3 Å². The third kappa shape index (κ3) is 3.62. The predicted molar refractivity (Wildman–Crippen MR) is 80.2 cm³/mol. The molecular formula is C13H15ClN2O4S. The standard InChI is InChI=1S/C13H15ClN2O4S/c14-11-3-1-10(2-4-11)5-8-21(19,20)16-7-6-13(15,9-16)12(17)18/h1-5,8H,6-7,9,15H2,(H,17,18)/b8-5+. The molecule has 21 heavy (non-hydrogen) atoms. The monoisotopic (exact) mass is 330 g/mol. The Morgan fingerprint density at radius 2 is 2.00 bits per heavy atom. The average Bonchev–Trinajstić information content (AvgIpc) is 2.83. The number of nitrogens with zero attached hydrogens (tertiary/aromatic N) is 1.